The number of nitrogens with zero attached hydrogens (tertiary/aromatic N) is 1. The zero-order chi connectivity index (χ0) is 17.7. The minimum absolute atomic E-state index is 0.0979. The summed E-state index contributed by atoms with van der Waals surface area (Å²) < 4.78 is 46.6. The Balaban J connectivity index is 2.07. The average molecular weight is 361 g/mol. The summed E-state index contributed by atoms with van der Waals surface area (Å²) in [6.45, 7) is -1.40. The fourth-order valence-corrected chi connectivity index (χ4v) is 2.43. The Kier molecular flexibility index (Phi) is 5.50. The van der Waals surface area contributed by atoms with Crippen molar-refractivity contribution in [2.75, 3.05) is 26.1 Å². The van der Waals surface area contributed by atoms with Gasteiger partial charge in [-0.25, -0.2) is 4.98 Å². The number of rotatable bonds is 6. The van der Waals surface area contributed by atoms with Gasteiger partial charge in [-0.3, -0.25) is 4.79 Å². The van der Waals surface area contributed by atoms with Crippen molar-refractivity contribution in [3.63, 3.8) is 0 Å². The first kappa shape index (κ1) is 17.9. The van der Waals surface area contributed by atoms with Crippen LogP contribution in [-0.4, -0.2) is 37.8 Å². The van der Waals surface area contributed by atoms with Crippen molar-refractivity contribution in [3.05, 3.63) is 29.3 Å². The Hall–Kier alpha value is -2.49. The molecule has 24 heavy (non-hydrogen) atoms. The van der Waals surface area contributed by atoms with Crippen molar-refractivity contribution < 1.29 is 27.4 Å². The molecule has 6 nitrogen and oxygen atoms in total. The molecule has 0 aliphatic heterocycles. The van der Waals surface area contributed by atoms with Crippen molar-refractivity contribution in [2.24, 2.45) is 0 Å². The first-order valence-corrected chi connectivity index (χ1v) is 7.50. The van der Waals surface area contributed by atoms with E-state index in [1.807, 2.05) is 0 Å². The van der Waals surface area contributed by atoms with Crippen LogP contribution in [0, 0.1) is 0 Å². The number of alkyl halides is 3. The number of hydrogen-bond acceptors (Lipinski definition) is 6. The number of thiazole rings is 1. The molecule has 0 radical (unpaired) electrons. The molecule has 130 valence electrons. The smallest absolute Gasteiger partial charge is 0.405 e. The van der Waals surface area contributed by atoms with Crippen LogP contribution in [0.25, 0.3) is 0 Å². The number of halogens is 3. The summed E-state index contributed by atoms with van der Waals surface area (Å²) >= 11 is 1.08. The fourth-order valence-electron chi connectivity index (χ4n) is 1.72. The largest absolute Gasteiger partial charge is 0.497 e. The van der Waals surface area contributed by atoms with Crippen molar-refractivity contribution in [2.45, 2.75) is 6.18 Å². The van der Waals surface area contributed by atoms with E-state index >= 15 is 0 Å². The SMILES string of the molecule is COc1ccc(Nc2nc(C(=O)NCC(F)(F)F)cs2)c(OC)c1. The highest BCUT2D eigenvalue weighted by Gasteiger charge is 2.28. The van der Waals surface area contributed by atoms with E-state index in [1.54, 1.807) is 23.5 Å². The molecule has 0 spiro atoms. The van der Waals surface area contributed by atoms with E-state index in [4.69, 9.17) is 9.47 Å². The van der Waals surface area contributed by atoms with E-state index in [1.165, 1.54) is 19.6 Å². The lowest BCUT2D eigenvalue weighted by Crippen LogP contribution is -2.33. The number of anilines is 2. The number of amides is 1. The van der Waals surface area contributed by atoms with Gasteiger partial charge in [0.15, 0.2) is 5.13 Å². The maximum Gasteiger partial charge on any atom is 0.405 e. The zero-order valence-electron chi connectivity index (χ0n) is 12.7. The van der Waals surface area contributed by atoms with Gasteiger partial charge < -0.3 is 20.1 Å². The Bertz CT molecular complexity index is 719. The van der Waals surface area contributed by atoms with E-state index in [2.05, 4.69) is 10.3 Å². The van der Waals surface area contributed by atoms with Gasteiger partial charge in [0.25, 0.3) is 5.91 Å². The lowest BCUT2D eigenvalue weighted by atomic mass is 10.3. The Labute approximate surface area is 139 Å². The maximum atomic E-state index is 12.1. The molecule has 2 rings (SSSR count). The van der Waals surface area contributed by atoms with Gasteiger partial charge in [0.05, 0.1) is 19.9 Å². The minimum atomic E-state index is -4.47. The molecule has 2 N–H and O–H groups in total. The molecule has 0 unspecified atom stereocenters. The van der Waals surface area contributed by atoms with E-state index < -0.39 is 18.6 Å². The standard InChI is InChI=1S/C14H14F3N3O3S/c1-22-8-3-4-9(11(5-8)23-2)19-13-20-10(6-24-13)12(21)18-7-14(15,16)17/h3-6H,7H2,1-2H3,(H,18,21)(H,19,20). The molecule has 0 saturated heterocycles. The minimum Gasteiger partial charge on any atom is -0.497 e. The van der Waals surface area contributed by atoms with Gasteiger partial charge in [0.1, 0.15) is 23.7 Å². The lowest BCUT2D eigenvalue weighted by molar-refractivity contribution is -0.123. The maximum absolute atomic E-state index is 12.1. The molecule has 10 heteroatoms. The second-order valence-corrected chi connectivity index (χ2v) is 5.39. The normalized spacial score (nSPS) is 11.0. The first-order chi connectivity index (χ1) is 11.3. The average Bonchev–Trinajstić information content (AvgIpc) is 3.01. The monoisotopic (exact) mass is 361 g/mol. The van der Waals surface area contributed by atoms with Gasteiger partial charge in [0.2, 0.25) is 0 Å². The fraction of sp³-hybridized carbons (Fsp3) is 0.286. The number of benzene rings is 1. The lowest BCUT2D eigenvalue weighted by Gasteiger charge is -2.10. The van der Waals surface area contributed by atoms with E-state index in [0.29, 0.717) is 22.3 Å². The topological polar surface area (TPSA) is 72.5 Å². The molecular weight excluding hydrogens is 347 g/mol. The Morgan fingerprint density at radius 1 is 1.29 bits per heavy atom. The third-order valence-corrected chi connectivity index (χ3v) is 3.59. The summed E-state index contributed by atoms with van der Waals surface area (Å²) in [6, 6.07) is 5.06. The van der Waals surface area contributed by atoms with Gasteiger partial charge >= 0.3 is 6.18 Å². The predicted octanol–water partition coefficient (Wildman–Crippen LogP) is 3.20. The third kappa shape index (κ3) is 4.75. The van der Waals surface area contributed by atoms with Crippen molar-refractivity contribution >= 4 is 28.1 Å². The van der Waals surface area contributed by atoms with Gasteiger partial charge in [0, 0.05) is 11.4 Å². The molecule has 1 amide bonds. The number of aromatic nitrogens is 1. The molecule has 0 saturated carbocycles. The molecular formula is C14H14F3N3O3S. The summed E-state index contributed by atoms with van der Waals surface area (Å²) in [5.74, 6) is 0.203. The van der Waals surface area contributed by atoms with Crippen LogP contribution in [0.4, 0.5) is 24.0 Å². The van der Waals surface area contributed by atoms with Gasteiger partial charge in [-0.05, 0) is 12.1 Å². The van der Waals surface area contributed by atoms with Crippen molar-refractivity contribution in [3.8, 4) is 11.5 Å². The van der Waals surface area contributed by atoms with Crippen LogP contribution in [0.1, 0.15) is 10.5 Å². The van der Waals surface area contributed by atoms with Crippen LogP contribution < -0.4 is 20.1 Å². The molecule has 2 aromatic rings. The molecule has 0 aliphatic rings. The van der Waals surface area contributed by atoms with E-state index in [-0.39, 0.29) is 5.69 Å². The zero-order valence-corrected chi connectivity index (χ0v) is 13.5. The van der Waals surface area contributed by atoms with Crippen LogP contribution in [0.3, 0.4) is 0 Å². The molecule has 1 aromatic heterocycles. The van der Waals surface area contributed by atoms with Crippen LogP contribution in [-0.2, 0) is 0 Å². The van der Waals surface area contributed by atoms with E-state index in [9.17, 15) is 18.0 Å². The van der Waals surface area contributed by atoms with Crippen molar-refractivity contribution in [1.29, 1.82) is 0 Å². The number of carbonyl (C=O) groups excluding carboxylic acids is 1. The first-order valence-electron chi connectivity index (χ1n) is 6.62. The van der Waals surface area contributed by atoms with Gasteiger partial charge in [-0.15, -0.1) is 11.3 Å². The summed E-state index contributed by atoms with van der Waals surface area (Å²) in [5, 5.41) is 6.42. The number of methoxy groups -OCH3 is 2. The van der Waals surface area contributed by atoms with Crippen LogP contribution >= 0.6 is 11.3 Å². The Morgan fingerprint density at radius 3 is 2.67 bits per heavy atom. The van der Waals surface area contributed by atoms with E-state index in [0.717, 1.165) is 11.3 Å². The second kappa shape index (κ2) is 7.39. The van der Waals surface area contributed by atoms with Crippen LogP contribution in [0.15, 0.2) is 23.6 Å². The van der Waals surface area contributed by atoms with Crippen molar-refractivity contribution in [1.82, 2.24) is 10.3 Å². The van der Waals surface area contributed by atoms with Gasteiger partial charge in [-0.2, -0.15) is 13.2 Å². The summed E-state index contributed by atoms with van der Waals surface area (Å²) in [4.78, 5) is 15.6. The Morgan fingerprint density at radius 2 is 2.04 bits per heavy atom. The summed E-state index contributed by atoms with van der Waals surface area (Å²) in [7, 11) is 3.01. The highest BCUT2D eigenvalue weighted by molar-refractivity contribution is 7.14. The predicted molar refractivity (Wildman–Crippen MR) is 83.3 cm³/mol. The molecule has 1 heterocycles. The number of ether oxygens (including phenoxy) is 2. The molecule has 1 aromatic carbocycles. The number of nitrogens with one attached hydrogen (secondary N) is 2. The van der Waals surface area contributed by atoms with Crippen LogP contribution in [0.2, 0.25) is 0 Å². The molecule has 0 aliphatic carbocycles. The second-order valence-electron chi connectivity index (χ2n) is 4.53. The highest BCUT2D eigenvalue weighted by Crippen LogP contribution is 2.32. The summed E-state index contributed by atoms with van der Waals surface area (Å²) in [6.07, 6.45) is -4.47. The molecule has 0 atom stereocenters. The number of hydrogen-bond donors (Lipinski definition) is 2. The molecule has 0 bridgehead atoms. The number of carbonyl (C=O) groups is 1. The molecule has 0 fully saturated rings. The van der Waals surface area contributed by atoms with Gasteiger partial charge in [-0.1, -0.05) is 0 Å². The van der Waals surface area contributed by atoms with Crippen LogP contribution in [0.5, 0.6) is 11.5 Å². The third-order valence-electron chi connectivity index (χ3n) is 2.84. The summed E-state index contributed by atoms with van der Waals surface area (Å²) in [5.41, 5.74) is 0.481. The quantitative estimate of drug-likeness (QED) is 0.827. The highest BCUT2D eigenvalue weighted by atomic mass is 32.1.